The van der Waals surface area contributed by atoms with Crippen LogP contribution in [0.2, 0.25) is 5.02 Å². The van der Waals surface area contributed by atoms with Crippen molar-refractivity contribution >= 4 is 29.2 Å². The van der Waals surface area contributed by atoms with Gasteiger partial charge in [-0.1, -0.05) is 29.8 Å². The van der Waals surface area contributed by atoms with Crippen molar-refractivity contribution in [1.29, 1.82) is 0 Å². The van der Waals surface area contributed by atoms with E-state index in [-0.39, 0.29) is 35.5 Å². The van der Waals surface area contributed by atoms with E-state index < -0.39 is 5.82 Å². The molecule has 0 spiro atoms. The number of hydrogen-bond donors (Lipinski definition) is 2. The van der Waals surface area contributed by atoms with Gasteiger partial charge in [-0.3, -0.25) is 4.79 Å². The molecule has 0 saturated carbocycles. The first kappa shape index (κ1) is 19.2. The minimum absolute atomic E-state index is 0.108. The standard InChI is InChI=1S/C20H21ClFN3O2/c21-17-7-4-8-18(22)16(17)12-19(26)23-13-14-5-3-6-15(11-14)24-20(27)25-9-1-2-10-25/h3-8,11H,1-2,9-10,12-13H2,(H,23,26)(H,24,27). The number of urea groups is 1. The van der Waals surface area contributed by atoms with Gasteiger partial charge in [-0.2, -0.15) is 0 Å². The molecular weight excluding hydrogens is 369 g/mol. The van der Waals surface area contributed by atoms with E-state index in [1.165, 1.54) is 12.1 Å². The molecule has 1 aliphatic heterocycles. The number of nitrogens with one attached hydrogen (secondary N) is 2. The van der Waals surface area contributed by atoms with E-state index in [1.807, 2.05) is 18.2 Å². The second-order valence-corrected chi connectivity index (χ2v) is 6.89. The molecule has 27 heavy (non-hydrogen) atoms. The molecule has 0 aromatic heterocycles. The zero-order valence-corrected chi connectivity index (χ0v) is 15.6. The van der Waals surface area contributed by atoms with Crippen LogP contribution in [0.4, 0.5) is 14.9 Å². The molecule has 2 N–H and O–H groups in total. The molecule has 0 radical (unpaired) electrons. The van der Waals surface area contributed by atoms with Crippen LogP contribution in [0.1, 0.15) is 24.0 Å². The van der Waals surface area contributed by atoms with Gasteiger partial charge in [0.15, 0.2) is 0 Å². The van der Waals surface area contributed by atoms with Gasteiger partial charge in [-0.05, 0) is 42.7 Å². The number of halogens is 2. The first-order valence-electron chi connectivity index (χ1n) is 8.87. The third kappa shape index (κ3) is 5.20. The van der Waals surface area contributed by atoms with Crippen molar-refractivity contribution in [2.24, 2.45) is 0 Å². The molecule has 1 saturated heterocycles. The van der Waals surface area contributed by atoms with Crippen LogP contribution < -0.4 is 10.6 Å². The van der Waals surface area contributed by atoms with Crippen molar-refractivity contribution in [3.05, 3.63) is 64.4 Å². The number of hydrogen-bond acceptors (Lipinski definition) is 2. The van der Waals surface area contributed by atoms with Crippen LogP contribution >= 0.6 is 11.6 Å². The summed E-state index contributed by atoms with van der Waals surface area (Å²) >= 11 is 5.95. The Bertz CT molecular complexity index is 817. The van der Waals surface area contributed by atoms with Crippen LogP contribution in [0.25, 0.3) is 0 Å². The number of carbonyl (C=O) groups is 2. The molecule has 0 atom stereocenters. The molecule has 5 nitrogen and oxygen atoms in total. The van der Waals surface area contributed by atoms with E-state index in [0.717, 1.165) is 31.5 Å². The Morgan fingerprint density at radius 1 is 1.11 bits per heavy atom. The minimum atomic E-state index is -0.496. The quantitative estimate of drug-likeness (QED) is 0.812. The Hall–Kier alpha value is -2.60. The fourth-order valence-electron chi connectivity index (χ4n) is 3.01. The summed E-state index contributed by atoms with van der Waals surface area (Å²) in [6.45, 7) is 1.83. The highest BCUT2D eigenvalue weighted by Gasteiger charge is 2.17. The van der Waals surface area contributed by atoms with Crippen molar-refractivity contribution in [2.45, 2.75) is 25.8 Å². The number of anilines is 1. The second kappa shape index (κ2) is 8.86. The van der Waals surface area contributed by atoms with Gasteiger partial charge in [-0.25, -0.2) is 9.18 Å². The topological polar surface area (TPSA) is 61.4 Å². The maximum absolute atomic E-state index is 13.8. The zero-order chi connectivity index (χ0) is 19.2. The molecule has 0 unspecified atom stereocenters. The highest BCUT2D eigenvalue weighted by molar-refractivity contribution is 6.31. The first-order chi connectivity index (χ1) is 13.0. The van der Waals surface area contributed by atoms with Crippen molar-refractivity contribution < 1.29 is 14.0 Å². The normalized spacial score (nSPS) is 13.5. The summed E-state index contributed by atoms with van der Waals surface area (Å²) in [4.78, 5) is 26.1. The van der Waals surface area contributed by atoms with Gasteiger partial charge in [0.05, 0.1) is 6.42 Å². The fourth-order valence-corrected chi connectivity index (χ4v) is 3.24. The average molecular weight is 390 g/mol. The monoisotopic (exact) mass is 389 g/mol. The van der Waals surface area contributed by atoms with E-state index in [2.05, 4.69) is 10.6 Å². The van der Waals surface area contributed by atoms with Crippen LogP contribution in [-0.2, 0) is 17.8 Å². The lowest BCUT2D eigenvalue weighted by molar-refractivity contribution is -0.120. The predicted octanol–water partition coefficient (Wildman–Crippen LogP) is 3.97. The van der Waals surface area contributed by atoms with Gasteiger partial charge in [-0.15, -0.1) is 0 Å². The van der Waals surface area contributed by atoms with E-state index in [0.29, 0.717) is 5.69 Å². The number of carbonyl (C=O) groups excluding carboxylic acids is 2. The first-order valence-corrected chi connectivity index (χ1v) is 9.25. The SMILES string of the molecule is O=C(Cc1c(F)cccc1Cl)NCc1cccc(NC(=O)N2CCCC2)c1. The summed E-state index contributed by atoms with van der Waals surface area (Å²) in [6, 6.07) is 11.5. The number of rotatable bonds is 5. The molecule has 2 aromatic rings. The van der Waals surface area contributed by atoms with Crippen LogP contribution in [0.15, 0.2) is 42.5 Å². The maximum Gasteiger partial charge on any atom is 0.321 e. The summed E-state index contributed by atoms with van der Waals surface area (Å²) < 4.78 is 13.8. The fraction of sp³-hybridized carbons (Fsp3) is 0.300. The Labute approximate surface area is 162 Å². The smallest absolute Gasteiger partial charge is 0.321 e. The number of nitrogens with zero attached hydrogens (tertiary/aromatic N) is 1. The lowest BCUT2D eigenvalue weighted by atomic mass is 10.1. The van der Waals surface area contributed by atoms with Crippen molar-refractivity contribution in [1.82, 2.24) is 10.2 Å². The molecule has 3 rings (SSSR count). The molecule has 7 heteroatoms. The molecule has 142 valence electrons. The highest BCUT2D eigenvalue weighted by Crippen LogP contribution is 2.19. The van der Waals surface area contributed by atoms with Crippen molar-refractivity contribution in [3.63, 3.8) is 0 Å². The molecule has 1 aliphatic rings. The molecule has 2 aromatic carbocycles. The van der Waals surface area contributed by atoms with Gasteiger partial charge in [0, 0.05) is 35.9 Å². The third-order valence-corrected chi connectivity index (χ3v) is 4.81. The molecule has 3 amide bonds. The number of amides is 3. The summed E-state index contributed by atoms with van der Waals surface area (Å²) in [5, 5.41) is 5.86. The number of likely N-dealkylation sites (tertiary alicyclic amines) is 1. The Morgan fingerprint density at radius 2 is 1.85 bits per heavy atom. The van der Waals surface area contributed by atoms with Crippen molar-refractivity contribution in [3.8, 4) is 0 Å². The van der Waals surface area contributed by atoms with Gasteiger partial charge in [0.25, 0.3) is 0 Å². The summed E-state index contributed by atoms with van der Waals surface area (Å²) in [5.41, 5.74) is 1.70. The molecule has 0 bridgehead atoms. The minimum Gasteiger partial charge on any atom is -0.352 e. The van der Waals surface area contributed by atoms with Crippen LogP contribution in [0.5, 0.6) is 0 Å². The van der Waals surface area contributed by atoms with E-state index in [9.17, 15) is 14.0 Å². The third-order valence-electron chi connectivity index (χ3n) is 4.46. The van der Waals surface area contributed by atoms with E-state index >= 15 is 0 Å². The molecule has 0 aliphatic carbocycles. The second-order valence-electron chi connectivity index (χ2n) is 6.48. The van der Waals surface area contributed by atoms with Crippen LogP contribution in [-0.4, -0.2) is 29.9 Å². The van der Waals surface area contributed by atoms with Gasteiger partial charge >= 0.3 is 6.03 Å². The molecule has 1 heterocycles. The van der Waals surface area contributed by atoms with Gasteiger partial charge in [0.2, 0.25) is 5.91 Å². The maximum atomic E-state index is 13.8. The molecule has 1 fully saturated rings. The van der Waals surface area contributed by atoms with Crippen molar-refractivity contribution in [2.75, 3.05) is 18.4 Å². The van der Waals surface area contributed by atoms with Crippen LogP contribution in [0.3, 0.4) is 0 Å². The van der Waals surface area contributed by atoms with Gasteiger partial charge in [0.1, 0.15) is 5.82 Å². The van der Waals surface area contributed by atoms with E-state index in [4.69, 9.17) is 11.6 Å². The molecular formula is C20H21ClFN3O2. The Kier molecular flexibility index (Phi) is 6.29. The predicted molar refractivity (Wildman–Crippen MR) is 103 cm³/mol. The van der Waals surface area contributed by atoms with Gasteiger partial charge < -0.3 is 15.5 Å². The summed E-state index contributed by atoms with van der Waals surface area (Å²) in [5.74, 6) is -0.822. The lowest BCUT2D eigenvalue weighted by Gasteiger charge is -2.16. The summed E-state index contributed by atoms with van der Waals surface area (Å²) in [7, 11) is 0. The average Bonchev–Trinajstić information content (AvgIpc) is 3.18. The summed E-state index contributed by atoms with van der Waals surface area (Å²) in [6.07, 6.45) is 1.94. The highest BCUT2D eigenvalue weighted by atomic mass is 35.5. The Morgan fingerprint density at radius 3 is 2.59 bits per heavy atom. The Balaban J connectivity index is 1.55. The van der Waals surface area contributed by atoms with Crippen LogP contribution in [0, 0.1) is 5.82 Å². The largest absolute Gasteiger partial charge is 0.352 e. The number of benzene rings is 2. The zero-order valence-electron chi connectivity index (χ0n) is 14.8. The lowest BCUT2D eigenvalue weighted by Crippen LogP contribution is -2.32. The van der Waals surface area contributed by atoms with E-state index in [1.54, 1.807) is 17.0 Å².